The van der Waals surface area contributed by atoms with Gasteiger partial charge in [0.05, 0.1) is 0 Å². The van der Waals surface area contributed by atoms with Gasteiger partial charge in [-0.2, -0.15) is 0 Å². The molecule has 2 heterocycles. The first-order chi connectivity index (χ1) is 11.4. The summed E-state index contributed by atoms with van der Waals surface area (Å²) < 4.78 is 5.44. The van der Waals surface area contributed by atoms with Crippen molar-refractivity contribution in [2.24, 2.45) is 0 Å². The number of rotatable bonds is 3. The Morgan fingerprint density at radius 3 is 2.71 bits per heavy atom. The first-order valence-corrected chi connectivity index (χ1v) is 8.69. The highest BCUT2D eigenvalue weighted by Crippen LogP contribution is 2.19. The number of aromatic nitrogens is 1. The molecule has 1 saturated heterocycles. The molecule has 0 unspecified atom stereocenters. The second-order valence-electron chi connectivity index (χ2n) is 7.48. The number of nitrogens with zero attached hydrogens (tertiary/aromatic N) is 1. The summed E-state index contributed by atoms with van der Waals surface area (Å²) in [7, 11) is 0. The molecule has 130 valence electrons. The zero-order valence-corrected chi connectivity index (χ0v) is 14.8. The van der Waals surface area contributed by atoms with E-state index in [1.807, 2.05) is 31.7 Å². The smallest absolute Gasteiger partial charge is 0.410 e. The highest BCUT2D eigenvalue weighted by atomic mass is 16.6. The summed E-state index contributed by atoms with van der Waals surface area (Å²) in [6.07, 6.45) is 3.80. The van der Waals surface area contributed by atoms with E-state index in [1.165, 1.54) is 16.5 Å². The van der Waals surface area contributed by atoms with Crippen molar-refractivity contribution in [2.45, 2.75) is 51.8 Å². The van der Waals surface area contributed by atoms with Crippen LogP contribution in [0.15, 0.2) is 30.5 Å². The van der Waals surface area contributed by atoms with Gasteiger partial charge in [0.15, 0.2) is 0 Å². The Bertz CT molecular complexity index is 694. The van der Waals surface area contributed by atoms with Gasteiger partial charge in [0, 0.05) is 42.8 Å². The number of ether oxygens (including phenoxy) is 1. The van der Waals surface area contributed by atoms with Gasteiger partial charge in [0.25, 0.3) is 0 Å². The Morgan fingerprint density at radius 1 is 1.29 bits per heavy atom. The van der Waals surface area contributed by atoms with Crippen LogP contribution in [0.2, 0.25) is 0 Å². The molecule has 5 nitrogen and oxygen atoms in total. The molecule has 1 amide bonds. The van der Waals surface area contributed by atoms with Crippen LogP contribution in [0.1, 0.15) is 39.2 Å². The number of hydrogen-bond donors (Lipinski definition) is 2. The van der Waals surface area contributed by atoms with Crippen molar-refractivity contribution in [1.29, 1.82) is 0 Å². The van der Waals surface area contributed by atoms with E-state index >= 15 is 0 Å². The molecule has 0 spiro atoms. The lowest BCUT2D eigenvalue weighted by Crippen LogP contribution is -2.46. The van der Waals surface area contributed by atoms with Crippen LogP contribution in [0.4, 0.5) is 4.79 Å². The van der Waals surface area contributed by atoms with Crippen molar-refractivity contribution in [3.05, 3.63) is 36.0 Å². The molecule has 1 aromatic heterocycles. The van der Waals surface area contributed by atoms with Crippen LogP contribution in [-0.2, 0) is 11.3 Å². The molecule has 0 bridgehead atoms. The number of hydrogen-bond acceptors (Lipinski definition) is 3. The number of nitrogens with one attached hydrogen (secondary N) is 2. The van der Waals surface area contributed by atoms with Gasteiger partial charge < -0.3 is 19.9 Å². The third-order valence-electron chi connectivity index (χ3n) is 4.40. The molecular formula is C19H27N3O2. The Labute approximate surface area is 143 Å². The number of carbonyl (C=O) groups excluding carboxylic acids is 1. The van der Waals surface area contributed by atoms with Crippen LogP contribution in [0.5, 0.6) is 0 Å². The maximum Gasteiger partial charge on any atom is 0.410 e. The predicted octanol–water partition coefficient (Wildman–Crippen LogP) is 3.66. The van der Waals surface area contributed by atoms with Crippen molar-refractivity contribution in [2.75, 3.05) is 13.1 Å². The largest absolute Gasteiger partial charge is 0.444 e. The van der Waals surface area contributed by atoms with Gasteiger partial charge in [-0.1, -0.05) is 18.2 Å². The number of para-hydroxylation sites is 1. The van der Waals surface area contributed by atoms with Crippen LogP contribution < -0.4 is 5.32 Å². The van der Waals surface area contributed by atoms with Gasteiger partial charge in [0.1, 0.15) is 5.60 Å². The molecule has 1 aliphatic heterocycles. The monoisotopic (exact) mass is 329 g/mol. The first-order valence-electron chi connectivity index (χ1n) is 8.69. The zero-order chi connectivity index (χ0) is 17.2. The molecule has 24 heavy (non-hydrogen) atoms. The van der Waals surface area contributed by atoms with E-state index in [0.717, 1.165) is 32.5 Å². The zero-order valence-electron chi connectivity index (χ0n) is 14.8. The van der Waals surface area contributed by atoms with Crippen molar-refractivity contribution < 1.29 is 9.53 Å². The summed E-state index contributed by atoms with van der Waals surface area (Å²) in [6.45, 7) is 8.06. The van der Waals surface area contributed by atoms with Crippen molar-refractivity contribution >= 4 is 17.0 Å². The average molecular weight is 329 g/mol. The Morgan fingerprint density at radius 2 is 2.00 bits per heavy atom. The number of H-pyrrole nitrogens is 1. The second-order valence-corrected chi connectivity index (χ2v) is 7.48. The molecule has 2 aromatic rings. The summed E-state index contributed by atoms with van der Waals surface area (Å²) in [6, 6.07) is 8.80. The molecule has 0 aliphatic carbocycles. The van der Waals surface area contributed by atoms with Crippen LogP contribution in [0, 0.1) is 0 Å². The molecule has 0 saturated carbocycles. The lowest BCUT2D eigenvalue weighted by molar-refractivity contribution is 0.0198. The van der Waals surface area contributed by atoms with Crippen molar-refractivity contribution in [1.82, 2.24) is 15.2 Å². The van der Waals surface area contributed by atoms with Gasteiger partial charge >= 0.3 is 6.09 Å². The maximum absolute atomic E-state index is 12.1. The summed E-state index contributed by atoms with van der Waals surface area (Å²) in [5, 5.41) is 4.90. The lowest BCUT2D eigenvalue weighted by atomic mass is 10.0. The van der Waals surface area contributed by atoms with Gasteiger partial charge in [-0.05, 0) is 45.2 Å². The SMILES string of the molecule is CC(C)(C)OC(=O)N1CCC(NCc2c[nH]c3ccccc23)CC1. The Kier molecular flexibility index (Phi) is 4.81. The van der Waals surface area contributed by atoms with Gasteiger partial charge in [-0.3, -0.25) is 0 Å². The van der Waals surface area contributed by atoms with Gasteiger partial charge in [0.2, 0.25) is 0 Å². The Balaban J connectivity index is 1.48. The summed E-state index contributed by atoms with van der Waals surface area (Å²) in [5.41, 5.74) is 2.04. The lowest BCUT2D eigenvalue weighted by Gasteiger charge is -2.33. The highest BCUT2D eigenvalue weighted by molar-refractivity contribution is 5.82. The first kappa shape index (κ1) is 16.8. The molecule has 2 N–H and O–H groups in total. The number of carbonyl (C=O) groups is 1. The van der Waals surface area contributed by atoms with E-state index in [4.69, 9.17) is 4.74 Å². The summed E-state index contributed by atoms with van der Waals surface area (Å²) in [4.78, 5) is 17.2. The van der Waals surface area contributed by atoms with Crippen molar-refractivity contribution in [3.63, 3.8) is 0 Å². The second kappa shape index (κ2) is 6.85. The molecule has 5 heteroatoms. The number of piperidine rings is 1. The topological polar surface area (TPSA) is 57.4 Å². The van der Waals surface area contributed by atoms with Crippen LogP contribution in [0.3, 0.4) is 0 Å². The third kappa shape index (κ3) is 4.09. The molecule has 0 atom stereocenters. The maximum atomic E-state index is 12.1. The normalized spacial score (nSPS) is 16.5. The number of aromatic amines is 1. The van der Waals surface area contributed by atoms with E-state index in [2.05, 4.69) is 34.7 Å². The van der Waals surface area contributed by atoms with Gasteiger partial charge in [-0.25, -0.2) is 4.79 Å². The van der Waals surface area contributed by atoms with E-state index in [-0.39, 0.29) is 6.09 Å². The molecular weight excluding hydrogens is 302 g/mol. The molecule has 0 radical (unpaired) electrons. The standard InChI is InChI=1S/C19H27N3O2/c1-19(2,3)24-18(23)22-10-8-15(9-11-22)20-12-14-13-21-17-7-5-4-6-16(14)17/h4-7,13,15,20-21H,8-12H2,1-3H3. The van der Waals surface area contributed by atoms with E-state index < -0.39 is 5.60 Å². The minimum atomic E-state index is -0.429. The molecule has 1 fully saturated rings. The van der Waals surface area contributed by atoms with Crippen LogP contribution >= 0.6 is 0 Å². The van der Waals surface area contributed by atoms with Crippen molar-refractivity contribution in [3.8, 4) is 0 Å². The fourth-order valence-electron chi connectivity index (χ4n) is 3.12. The summed E-state index contributed by atoms with van der Waals surface area (Å²) >= 11 is 0. The third-order valence-corrected chi connectivity index (χ3v) is 4.40. The van der Waals surface area contributed by atoms with E-state index in [1.54, 1.807) is 0 Å². The number of fused-ring (bicyclic) bond motifs is 1. The molecule has 3 rings (SSSR count). The van der Waals surface area contributed by atoms with Crippen LogP contribution in [0.25, 0.3) is 10.9 Å². The minimum absolute atomic E-state index is 0.197. The fourth-order valence-corrected chi connectivity index (χ4v) is 3.12. The number of benzene rings is 1. The number of likely N-dealkylation sites (tertiary alicyclic amines) is 1. The van der Waals surface area contributed by atoms with Gasteiger partial charge in [-0.15, -0.1) is 0 Å². The quantitative estimate of drug-likeness (QED) is 0.903. The van der Waals surface area contributed by atoms with E-state index in [9.17, 15) is 4.79 Å². The molecule has 1 aromatic carbocycles. The predicted molar refractivity (Wildman–Crippen MR) is 96.0 cm³/mol. The molecule has 1 aliphatic rings. The van der Waals surface area contributed by atoms with Crippen LogP contribution in [-0.4, -0.2) is 40.7 Å². The average Bonchev–Trinajstić information content (AvgIpc) is 2.95. The minimum Gasteiger partial charge on any atom is -0.444 e. The highest BCUT2D eigenvalue weighted by Gasteiger charge is 2.26. The van der Waals surface area contributed by atoms with E-state index in [0.29, 0.717) is 6.04 Å². The summed E-state index contributed by atoms with van der Waals surface area (Å²) in [5.74, 6) is 0. The number of amides is 1. The Hall–Kier alpha value is -2.01. The fraction of sp³-hybridized carbons (Fsp3) is 0.526.